The average molecular weight is 312 g/mol. The van der Waals surface area contributed by atoms with Gasteiger partial charge in [-0.3, -0.25) is 0 Å². The number of ether oxygens (including phenoxy) is 1. The third-order valence-electron chi connectivity index (χ3n) is 6.01. The SMILES string of the molecule is CCC(NC1CCOC2(CCSCC2)C1)C1CCCCC1. The van der Waals surface area contributed by atoms with Crippen molar-refractivity contribution in [3.63, 3.8) is 0 Å². The molecule has 3 rings (SSSR count). The van der Waals surface area contributed by atoms with E-state index in [1.54, 1.807) is 0 Å². The third-order valence-corrected chi connectivity index (χ3v) is 6.99. The van der Waals surface area contributed by atoms with E-state index in [0.29, 0.717) is 6.04 Å². The van der Waals surface area contributed by atoms with Crippen LogP contribution in [-0.4, -0.2) is 35.8 Å². The molecule has 2 saturated heterocycles. The standard InChI is InChI=1S/C18H33NOS/c1-2-17(15-6-4-3-5-7-15)19-16-8-11-20-18(14-16)9-12-21-13-10-18/h15-17,19H,2-14H2,1H3. The van der Waals surface area contributed by atoms with Crippen LogP contribution in [0.25, 0.3) is 0 Å². The van der Waals surface area contributed by atoms with E-state index >= 15 is 0 Å². The van der Waals surface area contributed by atoms with Crippen LogP contribution in [0.15, 0.2) is 0 Å². The molecule has 2 atom stereocenters. The number of hydrogen-bond acceptors (Lipinski definition) is 3. The van der Waals surface area contributed by atoms with Crippen LogP contribution in [0.4, 0.5) is 0 Å². The summed E-state index contributed by atoms with van der Waals surface area (Å²) >= 11 is 2.10. The Balaban J connectivity index is 1.55. The van der Waals surface area contributed by atoms with Crippen LogP contribution in [0.3, 0.4) is 0 Å². The Morgan fingerprint density at radius 2 is 1.90 bits per heavy atom. The molecule has 0 radical (unpaired) electrons. The van der Waals surface area contributed by atoms with Gasteiger partial charge in [-0.15, -0.1) is 0 Å². The molecule has 3 aliphatic rings. The second kappa shape index (κ2) is 7.70. The molecule has 0 aromatic heterocycles. The molecule has 0 amide bonds. The summed E-state index contributed by atoms with van der Waals surface area (Å²) in [5.41, 5.74) is 0.228. The van der Waals surface area contributed by atoms with Gasteiger partial charge in [-0.25, -0.2) is 0 Å². The zero-order valence-corrected chi connectivity index (χ0v) is 14.6. The molecular weight excluding hydrogens is 278 g/mol. The first-order valence-corrected chi connectivity index (χ1v) is 10.4. The molecule has 2 aliphatic heterocycles. The summed E-state index contributed by atoms with van der Waals surface area (Å²) in [5.74, 6) is 3.53. The van der Waals surface area contributed by atoms with Crippen LogP contribution in [0.1, 0.15) is 71.1 Å². The molecule has 1 saturated carbocycles. The lowest BCUT2D eigenvalue weighted by Crippen LogP contribution is -2.52. The minimum absolute atomic E-state index is 0.228. The van der Waals surface area contributed by atoms with E-state index in [4.69, 9.17) is 4.74 Å². The van der Waals surface area contributed by atoms with Crippen LogP contribution in [-0.2, 0) is 4.74 Å². The van der Waals surface area contributed by atoms with Crippen molar-refractivity contribution < 1.29 is 4.74 Å². The number of thioether (sulfide) groups is 1. The van der Waals surface area contributed by atoms with Crippen LogP contribution in [0, 0.1) is 5.92 Å². The topological polar surface area (TPSA) is 21.3 Å². The first-order chi connectivity index (χ1) is 10.3. The molecule has 0 bridgehead atoms. The first kappa shape index (κ1) is 16.1. The number of nitrogens with one attached hydrogen (secondary N) is 1. The molecular formula is C18H33NOS. The maximum atomic E-state index is 6.24. The molecule has 1 N–H and O–H groups in total. The van der Waals surface area contributed by atoms with E-state index in [1.165, 1.54) is 75.7 Å². The maximum absolute atomic E-state index is 6.24. The predicted molar refractivity (Wildman–Crippen MR) is 92.1 cm³/mol. The van der Waals surface area contributed by atoms with Gasteiger partial charge in [0.2, 0.25) is 0 Å². The van der Waals surface area contributed by atoms with Crippen molar-refractivity contribution >= 4 is 11.8 Å². The summed E-state index contributed by atoms with van der Waals surface area (Å²) in [6, 6.07) is 1.46. The second-order valence-corrected chi connectivity index (χ2v) is 8.64. The van der Waals surface area contributed by atoms with Gasteiger partial charge in [0.1, 0.15) is 0 Å². The van der Waals surface area contributed by atoms with Crippen molar-refractivity contribution in [2.75, 3.05) is 18.1 Å². The molecule has 21 heavy (non-hydrogen) atoms. The van der Waals surface area contributed by atoms with Gasteiger partial charge in [0.05, 0.1) is 5.60 Å². The fourth-order valence-electron chi connectivity index (χ4n) is 4.69. The summed E-state index contributed by atoms with van der Waals surface area (Å²) in [6.07, 6.45) is 13.6. The highest BCUT2D eigenvalue weighted by molar-refractivity contribution is 7.99. The van der Waals surface area contributed by atoms with Crippen molar-refractivity contribution in [2.24, 2.45) is 5.92 Å². The normalized spacial score (nSPS) is 32.1. The van der Waals surface area contributed by atoms with E-state index in [2.05, 4.69) is 24.0 Å². The molecule has 2 unspecified atom stereocenters. The van der Waals surface area contributed by atoms with Gasteiger partial charge < -0.3 is 10.1 Å². The van der Waals surface area contributed by atoms with E-state index in [-0.39, 0.29) is 5.60 Å². The van der Waals surface area contributed by atoms with Crippen LogP contribution in [0.2, 0.25) is 0 Å². The summed E-state index contributed by atoms with van der Waals surface area (Å²) in [7, 11) is 0. The van der Waals surface area contributed by atoms with Crippen LogP contribution >= 0.6 is 11.8 Å². The van der Waals surface area contributed by atoms with Gasteiger partial charge >= 0.3 is 0 Å². The molecule has 3 fully saturated rings. The van der Waals surface area contributed by atoms with Gasteiger partial charge in [0.25, 0.3) is 0 Å². The zero-order valence-electron chi connectivity index (χ0n) is 13.7. The van der Waals surface area contributed by atoms with Gasteiger partial charge in [-0.1, -0.05) is 26.2 Å². The van der Waals surface area contributed by atoms with Crippen molar-refractivity contribution in [3.8, 4) is 0 Å². The molecule has 3 heteroatoms. The average Bonchev–Trinajstić information content (AvgIpc) is 2.54. The Morgan fingerprint density at radius 3 is 2.62 bits per heavy atom. The molecule has 122 valence electrons. The smallest absolute Gasteiger partial charge is 0.0713 e. The maximum Gasteiger partial charge on any atom is 0.0713 e. The minimum Gasteiger partial charge on any atom is -0.375 e. The summed E-state index contributed by atoms with van der Waals surface area (Å²) in [6.45, 7) is 3.35. The molecule has 0 aromatic rings. The minimum atomic E-state index is 0.228. The quantitative estimate of drug-likeness (QED) is 0.832. The Kier molecular flexibility index (Phi) is 5.92. The molecule has 0 aromatic carbocycles. The number of rotatable bonds is 4. The van der Waals surface area contributed by atoms with Crippen molar-refractivity contribution in [2.45, 2.75) is 88.8 Å². The summed E-state index contributed by atoms with van der Waals surface area (Å²) in [5, 5.41) is 4.06. The van der Waals surface area contributed by atoms with E-state index in [1.807, 2.05) is 0 Å². The second-order valence-electron chi connectivity index (χ2n) is 7.41. The Hall–Kier alpha value is 0.270. The fourth-order valence-corrected chi connectivity index (χ4v) is 5.93. The highest BCUT2D eigenvalue weighted by atomic mass is 32.2. The zero-order chi connectivity index (χ0) is 14.5. The molecule has 2 heterocycles. The fraction of sp³-hybridized carbons (Fsp3) is 1.00. The van der Waals surface area contributed by atoms with E-state index in [9.17, 15) is 0 Å². The van der Waals surface area contributed by atoms with Gasteiger partial charge in [0.15, 0.2) is 0 Å². The lowest BCUT2D eigenvalue weighted by Gasteiger charge is -2.45. The predicted octanol–water partition coefficient (Wildman–Crippen LogP) is 4.38. The Morgan fingerprint density at radius 1 is 1.14 bits per heavy atom. The summed E-state index contributed by atoms with van der Waals surface area (Å²) < 4.78 is 6.24. The van der Waals surface area contributed by atoms with Crippen molar-refractivity contribution in [1.29, 1.82) is 0 Å². The highest BCUT2D eigenvalue weighted by Crippen LogP contribution is 2.38. The van der Waals surface area contributed by atoms with Gasteiger partial charge in [-0.2, -0.15) is 11.8 Å². The van der Waals surface area contributed by atoms with Crippen LogP contribution < -0.4 is 5.32 Å². The van der Waals surface area contributed by atoms with Gasteiger partial charge in [-0.05, 0) is 62.4 Å². The third kappa shape index (κ3) is 4.17. The molecule has 2 nitrogen and oxygen atoms in total. The van der Waals surface area contributed by atoms with Crippen molar-refractivity contribution in [1.82, 2.24) is 5.32 Å². The molecule has 1 spiro atoms. The molecule has 1 aliphatic carbocycles. The van der Waals surface area contributed by atoms with Crippen molar-refractivity contribution in [3.05, 3.63) is 0 Å². The lowest BCUT2D eigenvalue weighted by atomic mass is 9.81. The van der Waals surface area contributed by atoms with E-state index < -0.39 is 0 Å². The van der Waals surface area contributed by atoms with Crippen LogP contribution in [0.5, 0.6) is 0 Å². The summed E-state index contributed by atoms with van der Waals surface area (Å²) in [4.78, 5) is 0. The Labute approximate surface area is 135 Å². The monoisotopic (exact) mass is 311 g/mol. The first-order valence-electron chi connectivity index (χ1n) is 9.29. The highest BCUT2D eigenvalue weighted by Gasteiger charge is 2.39. The largest absolute Gasteiger partial charge is 0.375 e. The Bertz CT molecular complexity index is 305. The van der Waals surface area contributed by atoms with E-state index in [0.717, 1.165) is 18.6 Å². The number of hydrogen-bond donors (Lipinski definition) is 1. The van der Waals surface area contributed by atoms with Gasteiger partial charge in [0, 0.05) is 18.7 Å². The lowest BCUT2D eigenvalue weighted by molar-refractivity contribution is -0.0950.